The number of rotatable bonds is 6. The number of anilines is 1. The number of piperidine rings is 1. The van der Waals surface area contributed by atoms with Gasteiger partial charge in [0, 0.05) is 36.3 Å². The third kappa shape index (κ3) is 5.70. The lowest BCUT2D eigenvalue weighted by atomic mass is 10.0. The summed E-state index contributed by atoms with van der Waals surface area (Å²) in [6.45, 7) is 6.41. The number of benzene rings is 3. The van der Waals surface area contributed by atoms with Crippen molar-refractivity contribution in [2.24, 2.45) is 0 Å². The Balaban J connectivity index is 1.23. The van der Waals surface area contributed by atoms with E-state index >= 15 is 0 Å². The van der Waals surface area contributed by atoms with Crippen LogP contribution < -0.4 is 10.6 Å². The van der Waals surface area contributed by atoms with Gasteiger partial charge in [-0.15, -0.1) is 0 Å². The molecule has 5 rings (SSSR count). The molecule has 3 amide bonds. The van der Waals surface area contributed by atoms with Gasteiger partial charge in [-0.25, -0.2) is 4.79 Å². The zero-order chi connectivity index (χ0) is 27.7. The molecule has 0 saturated carbocycles. The number of carbonyl (C=O) groups excluding carboxylic acids is 4. The Morgan fingerprint density at radius 3 is 2.28 bits per heavy atom. The molecule has 0 aliphatic carbocycles. The Kier molecular flexibility index (Phi) is 6.95. The first kappa shape index (κ1) is 26.2. The van der Waals surface area contributed by atoms with Crippen LogP contribution in [-0.4, -0.2) is 40.2 Å². The number of nitrogens with one attached hydrogen (secondary N) is 2. The molecule has 39 heavy (non-hydrogen) atoms. The summed E-state index contributed by atoms with van der Waals surface area (Å²) in [7, 11) is 0. The Morgan fingerprint density at radius 1 is 0.974 bits per heavy atom. The van der Waals surface area contributed by atoms with Crippen molar-refractivity contribution in [1.29, 1.82) is 0 Å². The van der Waals surface area contributed by atoms with Crippen molar-refractivity contribution in [3.8, 4) is 11.1 Å². The Morgan fingerprint density at radius 2 is 1.64 bits per heavy atom. The SMILES string of the molecule is CC(C)(C)OC(=O)c1ccc(-c2ccc(CNc3cccc4c3CN(C3CCC(=O)NC3=O)C4=O)cc2)cc1. The van der Waals surface area contributed by atoms with Gasteiger partial charge in [-0.2, -0.15) is 0 Å². The summed E-state index contributed by atoms with van der Waals surface area (Å²) >= 11 is 0. The molecule has 1 saturated heterocycles. The number of ether oxygens (including phenoxy) is 1. The molecule has 8 nitrogen and oxygen atoms in total. The quantitative estimate of drug-likeness (QED) is 0.358. The van der Waals surface area contributed by atoms with Crippen molar-refractivity contribution in [3.63, 3.8) is 0 Å². The van der Waals surface area contributed by atoms with E-state index < -0.39 is 17.6 Å². The van der Waals surface area contributed by atoms with Crippen molar-refractivity contribution >= 4 is 29.4 Å². The van der Waals surface area contributed by atoms with E-state index in [9.17, 15) is 19.2 Å². The van der Waals surface area contributed by atoms with Gasteiger partial charge in [0.25, 0.3) is 5.91 Å². The fourth-order valence-electron chi connectivity index (χ4n) is 4.90. The highest BCUT2D eigenvalue weighted by atomic mass is 16.6. The summed E-state index contributed by atoms with van der Waals surface area (Å²) in [5, 5.41) is 5.78. The molecule has 0 spiro atoms. The Labute approximate surface area is 227 Å². The summed E-state index contributed by atoms with van der Waals surface area (Å²) in [6.07, 6.45) is 0.564. The fraction of sp³-hybridized carbons (Fsp3) is 0.290. The summed E-state index contributed by atoms with van der Waals surface area (Å²) in [6, 6.07) is 20.4. The van der Waals surface area contributed by atoms with Crippen LogP contribution in [0.2, 0.25) is 0 Å². The number of amides is 3. The van der Waals surface area contributed by atoms with Gasteiger partial charge in [0.1, 0.15) is 11.6 Å². The standard InChI is InChI=1S/C31H31N3O5/c1-31(2,3)39-30(38)22-13-11-21(12-14-22)20-9-7-19(8-10-20)17-32-25-6-4-5-23-24(25)18-34(29(23)37)26-15-16-27(35)33-28(26)36/h4-14,26,32H,15-18H2,1-3H3,(H,33,35,36). The molecular weight excluding hydrogens is 494 g/mol. The number of fused-ring (bicyclic) bond motifs is 1. The van der Waals surface area contributed by atoms with Gasteiger partial charge in [-0.1, -0.05) is 42.5 Å². The molecule has 2 heterocycles. The molecule has 3 aromatic carbocycles. The smallest absolute Gasteiger partial charge is 0.338 e. The minimum Gasteiger partial charge on any atom is -0.456 e. The van der Waals surface area contributed by atoms with Crippen LogP contribution in [-0.2, 0) is 27.4 Å². The molecule has 2 aliphatic rings. The summed E-state index contributed by atoms with van der Waals surface area (Å²) < 4.78 is 5.43. The molecular formula is C31H31N3O5. The zero-order valence-corrected chi connectivity index (χ0v) is 22.2. The van der Waals surface area contributed by atoms with E-state index in [-0.39, 0.29) is 24.2 Å². The fourth-order valence-corrected chi connectivity index (χ4v) is 4.90. The first-order valence-electron chi connectivity index (χ1n) is 13.0. The third-order valence-corrected chi connectivity index (χ3v) is 6.87. The van der Waals surface area contributed by atoms with E-state index in [1.54, 1.807) is 23.1 Å². The third-order valence-electron chi connectivity index (χ3n) is 6.87. The number of nitrogens with zero attached hydrogens (tertiary/aromatic N) is 1. The van der Waals surface area contributed by atoms with Gasteiger partial charge in [-0.3, -0.25) is 19.7 Å². The highest BCUT2D eigenvalue weighted by Crippen LogP contribution is 2.32. The summed E-state index contributed by atoms with van der Waals surface area (Å²) in [5.41, 5.74) is 5.34. The van der Waals surface area contributed by atoms with Crippen molar-refractivity contribution in [3.05, 3.63) is 89.0 Å². The van der Waals surface area contributed by atoms with Crippen LogP contribution in [0.15, 0.2) is 66.7 Å². The molecule has 1 fully saturated rings. The van der Waals surface area contributed by atoms with E-state index in [1.807, 2.05) is 69.3 Å². The van der Waals surface area contributed by atoms with Crippen molar-refractivity contribution in [2.45, 2.75) is 58.3 Å². The lowest BCUT2D eigenvalue weighted by Gasteiger charge is -2.29. The monoisotopic (exact) mass is 525 g/mol. The number of hydrogen-bond acceptors (Lipinski definition) is 6. The van der Waals surface area contributed by atoms with E-state index in [0.717, 1.165) is 27.9 Å². The van der Waals surface area contributed by atoms with Gasteiger partial charge in [-0.05, 0) is 68.1 Å². The van der Waals surface area contributed by atoms with Crippen LogP contribution in [0.5, 0.6) is 0 Å². The van der Waals surface area contributed by atoms with Gasteiger partial charge in [0.15, 0.2) is 0 Å². The van der Waals surface area contributed by atoms with Crippen molar-refractivity contribution in [2.75, 3.05) is 5.32 Å². The molecule has 0 aromatic heterocycles. The van der Waals surface area contributed by atoms with E-state index in [2.05, 4.69) is 10.6 Å². The van der Waals surface area contributed by atoms with Crippen LogP contribution in [0.3, 0.4) is 0 Å². The maximum atomic E-state index is 13.0. The van der Waals surface area contributed by atoms with E-state index in [0.29, 0.717) is 30.6 Å². The molecule has 2 N–H and O–H groups in total. The molecule has 8 heteroatoms. The maximum absolute atomic E-state index is 13.0. The number of imide groups is 1. The second kappa shape index (κ2) is 10.4. The van der Waals surface area contributed by atoms with Crippen molar-refractivity contribution in [1.82, 2.24) is 10.2 Å². The van der Waals surface area contributed by atoms with E-state index in [4.69, 9.17) is 4.74 Å². The topological polar surface area (TPSA) is 105 Å². The van der Waals surface area contributed by atoms with Crippen LogP contribution in [0, 0.1) is 0 Å². The first-order valence-corrected chi connectivity index (χ1v) is 13.0. The van der Waals surface area contributed by atoms with Crippen LogP contribution in [0.1, 0.15) is 65.5 Å². The molecule has 200 valence electrons. The number of carbonyl (C=O) groups is 4. The highest BCUT2D eigenvalue weighted by molar-refractivity contribution is 6.06. The molecule has 0 radical (unpaired) electrons. The van der Waals surface area contributed by atoms with Crippen LogP contribution in [0.25, 0.3) is 11.1 Å². The number of esters is 1. The Hall–Kier alpha value is -4.46. The van der Waals surface area contributed by atoms with Gasteiger partial charge in [0.05, 0.1) is 5.56 Å². The second-order valence-corrected chi connectivity index (χ2v) is 10.9. The normalized spacial score (nSPS) is 17.1. The molecule has 1 unspecified atom stereocenters. The molecule has 3 aromatic rings. The lowest BCUT2D eigenvalue weighted by Crippen LogP contribution is -2.52. The van der Waals surface area contributed by atoms with Gasteiger partial charge >= 0.3 is 5.97 Å². The molecule has 0 bridgehead atoms. The second-order valence-electron chi connectivity index (χ2n) is 10.9. The molecule has 2 aliphatic heterocycles. The minimum absolute atomic E-state index is 0.190. The summed E-state index contributed by atoms with van der Waals surface area (Å²) in [5.74, 6) is -1.25. The first-order chi connectivity index (χ1) is 18.6. The predicted octanol–water partition coefficient (Wildman–Crippen LogP) is 4.68. The lowest BCUT2D eigenvalue weighted by molar-refractivity contribution is -0.136. The van der Waals surface area contributed by atoms with Gasteiger partial charge < -0.3 is 15.0 Å². The maximum Gasteiger partial charge on any atom is 0.338 e. The van der Waals surface area contributed by atoms with Crippen molar-refractivity contribution < 1.29 is 23.9 Å². The zero-order valence-electron chi connectivity index (χ0n) is 22.2. The minimum atomic E-state index is -0.638. The summed E-state index contributed by atoms with van der Waals surface area (Å²) in [4.78, 5) is 50.8. The number of hydrogen-bond donors (Lipinski definition) is 2. The molecule has 1 atom stereocenters. The average molecular weight is 526 g/mol. The largest absolute Gasteiger partial charge is 0.456 e. The van der Waals surface area contributed by atoms with Gasteiger partial charge in [0.2, 0.25) is 11.8 Å². The van der Waals surface area contributed by atoms with Crippen LogP contribution >= 0.6 is 0 Å². The van der Waals surface area contributed by atoms with Crippen LogP contribution in [0.4, 0.5) is 5.69 Å². The highest BCUT2D eigenvalue weighted by Gasteiger charge is 2.39. The van der Waals surface area contributed by atoms with E-state index in [1.165, 1.54) is 0 Å². The predicted molar refractivity (Wildman–Crippen MR) is 147 cm³/mol. The average Bonchev–Trinajstić information content (AvgIpc) is 3.23. The Bertz CT molecular complexity index is 1440.